The number of hydrogen-bond donors (Lipinski definition) is 0. The Morgan fingerprint density at radius 3 is 1.27 bits per heavy atom. The lowest BCUT2D eigenvalue weighted by Gasteiger charge is -2.11. The topological polar surface area (TPSA) is 62.4 Å². The van der Waals surface area contributed by atoms with Crippen molar-refractivity contribution in [2.75, 3.05) is 0 Å². The van der Waals surface area contributed by atoms with Crippen molar-refractivity contribution < 1.29 is 0 Å². The van der Waals surface area contributed by atoms with E-state index in [9.17, 15) is 10.5 Å². The first kappa shape index (κ1) is 27.1. The Morgan fingerprint density at radius 2 is 0.776 bits per heavy atom. The molecule has 49 heavy (non-hydrogen) atoms. The van der Waals surface area contributed by atoms with E-state index in [-0.39, 0.29) is 0 Å². The number of hydrogen-bond acceptors (Lipinski definition) is 2. The van der Waals surface area contributed by atoms with E-state index < -0.39 is 0 Å². The Kier molecular flexibility index (Phi) is 5.64. The summed E-state index contributed by atoms with van der Waals surface area (Å²) in [6, 6.07) is 56.9. The van der Waals surface area contributed by atoms with Gasteiger partial charge in [0, 0.05) is 38.0 Å². The zero-order valence-electron chi connectivity index (χ0n) is 26.2. The highest BCUT2D eigenvalue weighted by atomic mass is 15.0. The van der Waals surface area contributed by atoms with Gasteiger partial charge in [0.05, 0.1) is 55.6 Å². The van der Waals surface area contributed by atoms with Gasteiger partial charge in [0.25, 0.3) is 0 Å². The zero-order chi connectivity index (χ0) is 32.6. The fraction of sp³-hybridized carbons (Fsp3) is 0. The average molecular weight is 624 g/mol. The van der Waals surface area contributed by atoms with E-state index >= 15 is 0 Å². The minimum atomic E-state index is 0.626. The number of para-hydroxylation sites is 5. The number of aromatic nitrogens is 3. The van der Waals surface area contributed by atoms with Crippen LogP contribution in [0.4, 0.5) is 0 Å². The summed E-state index contributed by atoms with van der Waals surface area (Å²) in [7, 11) is 0. The quantitative estimate of drug-likeness (QED) is 0.197. The SMILES string of the molecule is N#Cc1ccccc1-n1c2ccccc2c2c1ccc1c3ccc4c(c5ccccc5n4-c4ccccc4C#N)c3n(-c3ccccc3)c12. The Labute approximate surface area is 280 Å². The molecule has 5 nitrogen and oxygen atoms in total. The maximum Gasteiger partial charge on any atom is 0.101 e. The lowest BCUT2D eigenvalue weighted by molar-refractivity contribution is 1.16. The highest BCUT2D eigenvalue weighted by molar-refractivity contribution is 6.31. The lowest BCUT2D eigenvalue weighted by atomic mass is 10.1. The van der Waals surface area contributed by atoms with Gasteiger partial charge in [-0.25, -0.2) is 0 Å². The Morgan fingerprint density at radius 1 is 0.347 bits per heavy atom. The van der Waals surface area contributed by atoms with E-state index in [2.05, 4.69) is 129 Å². The summed E-state index contributed by atoms with van der Waals surface area (Å²) in [5, 5.41) is 27.1. The van der Waals surface area contributed by atoms with Crippen LogP contribution in [0, 0.1) is 22.7 Å². The molecule has 226 valence electrons. The van der Waals surface area contributed by atoms with Crippen LogP contribution in [0.2, 0.25) is 0 Å². The van der Waals surface area contributed by atoms with Crippen molar-refractivity contribution in [3.8, 4) is 29.2 Å². The van der Waals surface area contributed by atoms with E-state index in [1.165, 1.54) is 0 Å². The predicted molar refractivity (Wildman–Crippen MR) is 199 cm³/mol. The standard InChI is InChI=1S/C44H25N5/c45-26-28-12-4-8-18-35(28)48-37-20-10-6-16-33(37)41-39(48)24-22-31-32-23-25-40-42(44(32)47(43(31)41)30-14-2-1-3-15-30)34-17-7-11-21-38(34)49(40)36-19-9-5-13-29(36)27-46/h1-25H. The largest absolute Gasteiger partial charge is 0.308 e. The first-order chi connectivity index (χ1) is 24.3. The fourth-order valence-electron chi connectivity index (χ4n) is 7.98. The molecule has 7 aromatic carbocycles. The van der Waals surface area contributed by atoms with Gasteiger partial charge < -0.3 is 13.7 Å². The third-order valence-corrected chi connectivity index (χ3v) is 9.90. The highest BCUT2D eigenvalue weighted by Gasteiger charge is 2.25. The molecule has 0 saturated heterocycles. The summed E-state index contributed by atoms with van der Waals surface area (Å²) in [6.07, 6.45) is 0. The minimum Gasteiger partial charge on any atom is -0.308 e. The highest BCUT2D eigenvalue weighted by Crippen LogP contribution is 2.46. The molecule has 0 spiro atoms. The monoisotopic (exact) mass is 623 g/mol. The van der Waals surface area contributed by atoms with Crippen molar-refractivity contribution in [3.05, 3.63) is 163 Å². The van der Waals surface area contributed by atoms with Gasteiger partial charge in [-0.05, 0) is 60.7 Å². The molecule has 0 unspecified atom stereocenters. The van der Waals surface area contributed by atoms with Gasteiger partial charge in [0.1, 0.15) is 12.1 Å². The number of benzene rings is 7. The molecule has 0 radical (unpaired) electrons. The van der Waals surface area contributed by atoms with Crippen LogP contribution in [0.5, 0.6) is 0 Å². The summed E-state index contributed by atoms with van der Waals surface area (Å²) in [6.45, 7) is 0. The van der Waals surface area contributed by atoms with Crippen molar-refractivity contribution in [2.45, 2.75) is 0 Å². The van der Waals surface area contributed by atoms with E-state index in [0.29, 0.717) is 11.1 Å². The van der Waals surface area contributed by atoms with E-state index in [4.69, 9.17) is 0 Å². The molecule has 0 aliphatic heterocycles. The van der Waals surface area contributed by atoms with Gasteiger partial charge in [-0.2, -0.15) is 10.5 Å². The lowest BCUT2D eigenvalue weighted by Crippen LogP contribution is -1.98. The Hall–Kier alpha value is -7.08. The van der Waals surface area contributed by atoms with Crippen LogP contribution in [0.25, 0.3) is 82.5 Å². The van der Waals surface area contributed by atoms with E-state index in [1.807, 2.05) is 48.5 Å². The van der Waals surface area contributed by atoms with Crippen LogP contribution in [-0.4, -0.2) is 13.7 Å². The summed E-state index contributed by atoms with van der Waals surface area (Å²) in [5.41, 5.74) is 10.4. The third-order valence-electron chi connectivity index (χ3n) is 9.90. The normalized spacial score (nSPS) is 11.6. The van der Waals surface area contributed by atoms with Crippen molar-refractivity contribution >= 4 is 65.4 Å². The molecule has 0 aliphatic carbocycles. The molecule has 0 bridgehead atoms. The predicted octanol–water partition coefficient (Wildman–Crippen LogP) is 10.7. The van der Waals surface area contributed by atoms with Crippen molar-refractivity contribution in [1.82, 2.24) is 13.7 Å². The van der Waals surface area contributed by atoms with Crippen LogP contribution in [0.15, 0.2) is 152 Å². The molecule has 3 aromatic heterocycles. The molecule has 3 heterocycles. The first-order valence-corrected chi connectivity index (χ1v) is 16.3. The van der Waals surface area contributed by atoms with Crippen molar-refractivity contribution in [3.63, 3.8) is 0 Å². The number of rotatable bonds is 3. The van der Waals surface area contributed by atoms with Crippen LogP contribution >= 0.6 is 0 Å². The van der Waals surface area contributed by atoms with E-state index in [1.54, 1.807) is 0 Å². The second-order valence-corrected chi connectivity index (χ2v) is 12.3. The average Bonchev–Trinajstić information content (AvgIpc) is 3.80. The van der Waals surface area contributed by atoms with Gasteiger partial charge in [0.2, 0.25) is 0 Å². The van der Waals surface area contributed by atoms with Crippen molar-refractivity contribution in [2.24, 2.45) is 0 Å². The summed E-state index contributed by atoms with van der Waals surface area (Å²) < 4.78 is 6.89. The number of nitrogens with zero attached hydrogens (tertiary/aromatic N) is 5. The summed E-state index contributed by atoms with van der Waals surface area (Å²) in [4.78, 5) is 0. The summed E-state index contributed by atoms with van der Waals surface area (Å²) in [5.74, 6) is 0. The van der Waals surface area contributed by atoms with Crippen molar-refractivity contribution in [1.29, 1.82) is 10.5 Å². The minimum absolute atomic E-state index is 0.626. The molecular formula is C44H25N5. The molecule has 0 saturated carbocycles. The van der Waals surface area contributed by atoms with Gasteiger partial charge >= 0.3 is 0 Å². The molecule has 0 amide bonds. The van der Waals surface area contributed by atoms with Crippen LogP contribution in [0.3, 0.4) is 0 Å². The Bertz CT molecular complexity index is 2880. The third kappa shape index (κ3) is 3.62. The number of fused-ring (bicyclic) bond motifs is 11. The van der Waals surface area contributed by atoms with Gasteiger partial charge in [0.15, 0.2) is 0 Å². The van der Waals surface area contributed by atoms with Crippen LogP contribution < -0.4 is 0 Å². The van der Waals surface area contributed by atoms with Crippen LogP contribution in [0.1, 0.15) is 11.1 Å². The first-order valence-electron chi connectivity index (χ1n) is 16.3. The molecule has 0 atom stereocenters. The van der Waals surface area contributed by atoms with E-state index in [0.717, 1.165) is 82.5 Å². The fourth-order valence-corrected chi connectivity index (χ4v) is 7.98. The second kappa shape index (κ2) is 10.2. The maximum absolute atomic E-state index is 10.1. The van der Waals surface area contributed by atoms with Gasteiger partial charge in [-0.3, -0.25) is 0 Å². The van der Waals surface area contributed by atoms with Crippen LogP contribution in [-0.2, 0) is 0 Å². The molecule has 10 aromatic rings. The maximum atomic E-state index is 10.1. The van der Waals surface area contributed by atoms with Gasteiger partial charge in [-0.15, -0.1) is 0 Å². The molecule has 5 heteroatoms. The Balaban J connectivity index is 1.47. The smallest absolute Gasteiger partial charge is 0.101 e. The molecular weight excluding hydrogens is 599 g/mol. The molecule has 0 aliphatic rings. The zero-order valence-corrected chi connectivity index (χ0v) is 26.2. The second-order valence-electron chi connectivity index (χ2n) is 12.3. The van der Waals surface area contributed by atoms with Gasteiger partial charge in [-0.1, -0.05) is 91.0 Å². The molecule has 0 fully saturated rings. The summed E-state index contributed by atoms with van der Waals surface area (Å²) >= 11 is 0. The molecule has 0 N–H and O–H groups in total. The molecule has 10 rings (SSSR count). The number of nitriles is 2.